The summed E-state index contributed by atoms with van der Waals surface area (Å²) in [5.74, 6) is -4.63. The Morgan fingerprint density at radius 2 is 1.86 bits per heavy atom. The number of halogens is 2. The Morgan fingerprint density at radius 1 is 1.20 bits per heavy atom. The molecule has 3 aliphatic rings. The number of carbonyl (C=O) groups is 2. The zero-order valence-electron chi connectivity index (χ0n) is 20.5. The van der Waals surface area contributed by atoms with Gasteiger partial charge in [0.15, 0.2) is 17.5 Å². The highest BCUT2D eigenvalue weighted by atomic mass is 19.1. The molecule has 2 bridgehead atoms. The Kier molecular flexibility index (Phi) is 6.10. The number of rotatable bonds is 3. The minimum Gasteiger partial charge on any atom is -0.451 e. The van der Waals surface area contributed by atoms with Gasteiger partial charge in [0.1, 0.15) is 17.7 Å². The maximum absolute atomic E-state index is 14.3. The molecule has 0 saturated heterocycles. The molecule has 1 aromatic rings. The fourth-order valence-electron chi connectivity index (χ4n) is 6.48. The fraction of sp³-hybridized carbons (Fsp3) is 0.556. The van der Waals surface area contributed by atoms with E-state index in [1.165, 1.54) is 0 Å². The minimum atomic E-state index is -2.34. The molecule has 0 amide bonds. The van der Waals surface area contributed by atoms with E-state index in [0.29, 0.717) is 18.1 Å². The summed E-state index contributed by atoms with van der Waals surface area (Å²) in [4.78, 5) is 27.2. The maximum atomic E-state index is 14.3. The number of allylic oxidation sites excluding steroid dienone is 1. The van der Waals surface area contributed by atoms with Gasteiger partial charge in [-0.15, -0.1) is 0 Å². The van der Waals surface area contributed by atoms with E-state index >= 15 is 0 Å². The summed E-state index contributed by atoms with van der Waals surface area (Å²) in [5.41, 5.74) is -4.68. The predicted molar refractivity (Wildman–Crippen MR) is 123 cm³/mol. The van der Waals surface area contributed by atoms with Gasteiger partial charge in [-0.3, -0.25) is 4.79 Å². The summed E-state index contributed by atoms with van der Waals surface area (Å²) in [5, 5.41) is 33.9. The van der Waals surface area contributed by atoms with Crippen molar-refractivity contribution in [2.75, 3.05) is 6.61 Å². The van der Waals surface area contributed by atoms with Crippen molar-refractivity contribution < 1.29 is 38.4 Å². The molecule has 8 heteroatoms. The molecule has 0 aliphatic heterocycles. The Hall–Kier alpha value is -2.42. The van der Waals surface area contributed by atoms with Gasteiger partial charge in [-0.05, 0) is 53.9 Å². The van der Waals surface area contributed by atoms with Gasteiger partial charge in [0.25, 0.3) is 0 Å². The van der Waals surface area contributed by atoms with Crippen molar-refractivity contribution in [1.29, 1.82) is 0 Å². The molecule has 1 fully saturated rings. The van der Waals surface area contributed by atoms with Crippen LogP contribution in [0.2, 0.25) is 0 Å². The van der Waals surface area contributed by atoms with E-state index in [4.69, 9.17) is 4.74 Å². The molecule has 4 rings (SSSR count). The van der Waals surface area contributed by atoms with Crippen molar-refractivity contribution in [3.8, 4) is 0 Å². The molecule has 35 heavy (non-hydrogen) atoms. The first-order chi connectivity index (χ1) is 16.2. The topological polar surface area (TPSA) is 104 Å². The largest absolute Gasteiger partial charge is 0.451 e. The number of fused-ring (bicyclic) bond motifs is 1. The van der Waals surface area contributed by atoms with Crippen LogP contribution >= 0.6 is 0 Å². The minimum absolute atomic E-state index is 0.0464. The molecule has 6 nitrogen and oxygen atoms in total. The second kappa shape index (κ2) is 8.32. The number of esters is 1. The maximum Gasteiger partial charge on any atom is 0.341 e. The predicted octanol–water partition coefficient (Wildman–Crippen LogP) is 3.35. The molecule has 0 unspecified atom stereocenters. The van der Waals surface area contributed by atoms with E-state index < -0.39 is 70.2 Å². The summed E-state index contributed by atoms with van der Waals surface area (Å²) in [6.45, 7) is 8.71. The number of benzene rings is 1. The third-order valence-corrected chi connectivity index (χ3v) is 8.88. The van der Waals surface area contributed by atoms with Crippen molar-refractivity contribution in [3.05, 3.63) is 58.7 Å². The van der Waals surface area contributed by atoms with Crippen LogP contribution in [0.1, 0.15) is 51.4 Å². The second-order valence-electron chi connectivity index (χ2n) is 11.0. The highest BCUT2D eigenvalue weighted by Gasteiger charge is 2.73. The quantitative estimate of drug-likeness (QED) is 0.444. The van der Waals surface area contributed by atoms with Crippen LogP contribution in [-0.2, 0) is 9.53 Å². The number of hydrogen-bond donors (Lipinski definition) is 3. The van der Waals surface area contributed by atoms with Gasteiger partial charge in [0.05, 0.1) is 17.6 Å². The zero-order valence-corrected chi connectivity index (χ0v) is 20.5. The number of ether oxygens (including phenoxy) is 1. The van der Waals surface area contributed by atoms with Crippen molar-refractivity contribution in [2.24, 2.45) is 28.6 Å². The van der Waals surface area contributed by atoms with Crippen LogP contribution in [-0.4, -0.2) is 51.5 Å². The number of aliphatic hydroxyl groups excluding tert-OH is 2. The molecule has 3 N–H and O–H groups in total. The van der Waals surface area contributed by atoms with Crippen molar-refractivity contribution in [3.63, 3.8) is 0 Å². The number of Topliss-reactive ketones (excluding diaryl/α,β-unsaturated/α-hetero) is 1. The lowest BCUT2D eigenvalue weighted by Gasteiger charge is -2.48. The van der Waals surface area contributed by atoms with Crippen LogP contribution in [0.4, 0.5) is 8.78 Å². The Morgan fingerprint density at radius 3 is 2.46 bits per heavy atom. The first kappa shape index (κ1) is 25.7. The SMILES string of the molecule is CC1=C[C@]23C(=O)[C@@H](C=C(CO)[C@@H](O)[C@]2(O)[C@H]1OC(=O)c1ccc(F)cc1F)C(C)(C)[C@@H](C)C[C@H]3C. The lowest BCUT2D eigenvalue weighted by atomic mass is 9.59. The molecule has 0 radical (unpaired) electrons. The molecule has 1 spiro atoms. The van der Waals surface area contributed by atoms with Crippen LogP contribution in [0.3, 0.4) is 0 Å². The molecule has 190 valence electrons. The van der Waals surface area contributed by atoms with E-state index in [1.807, 2.05) is 27.7 Å². The Balaban J connectivity index is 1.89. The molecule has 0 aromatic heterocycles. The molecule has 1 aromatic carbocycles. The summed E-state index contributed by atoms with van der Waals surface area (Å²) in [7, 11) is 0. The third kappa shape index (κ3) is 3.37. The average molecular weight is 491 g/mol. The highest BCUT2D eigenvalue weighted by Crippen LogP contribution is 2.62. The van der Waals surface area contributed by atoms with Crippen LogP contribution in [0.5, 0.6) is 0 Å². The zero-order chi connectivity index (χ0) is 26.1. The molecule has 3 aliphatic carbocycles. The normalized spacial score (nSPS) is 38.1. The van der Waals surface area contributed by atoms with Gasteiger partial charge < -0.3 is 20.1 Å². The van der Waals surface area contributed by atoms with Crippen LogP contribution in [0, 0.1) is 40.2 Å². The number of hydrogen-bond acceptors (Lipinski definition) is 6. The molecular formula is C27H32F2O6. The van der Waals surface area contributed by atoms with Gasteiger partial charge in [-0.25, -0.2) is 13.6 Å². The van der Waals surface area contributed by atoms with Gasteiger partial charge in [-0.2, -0.15) is 0 Å². The molecule has 7 atom stereocenters. The second-order valence-corrected chi connectivity index (χ2v) is 11.0. The van der Waals surface area contributed by atoms with Gasteiger partial charge in [-0.1, -0.05) is 39.8 Å². The van der Waals surface area contributed by atoms with E-state index in [0.717, 1.165) is 12.1 Å². The lowest BCUT2D eigenvalue weighted by molar-refractivity contribution is -0.190. The number of aliphatic hydroxyl groups is 3. The standard InChI is InChI=1S/C27H32F2O6/c1-13-11-26-15(3)8-14(2)25(4,5)19(22(26)32)9-16(12-30)21(31)27(26,34)23(13)35-24(33)18-7-6-17(28)10-20(18)29/h6-7,9-11,14-15,19,21,23,30-31,34H,8,12H2,1-5H3/t14-,15+,19+,21+,23-,26-,27-/m0/s1. The average Bonchev–Trinajstić information content (AvgIpc) is 2.94. The monoisotopic (exact) mass is 490 g/mol. The van der Waals surface area contributed by atoms with Crippen molar-refractivity contribution >= 4 is 11.8 Å². The smallest absolute Gasteiger partial charge is 0.341 e. The Labute approximate surface area is 203 Å². The first-order valence-corrected chi connectivity index (χ1v) is 11.8. The summed E-state index contributed by atoms with van der Waals surface area (Å²) >= 11 is 0. The molecular weight excluding hydrogens is 458 g/mol. The van der Waals surface area contributed by atoms with Crippen LogP contribution in [0.25, 0.3) is 0 Å². The number of ketones is 1. The highest BCUT2D eigenvalue weighted by molar-refractivity contribution is 5.96. The van der Waals surface area contributed by atoms with Crippen LogP contribution in [0.15, 0.2) is 41.5 Å². The van der Waals surface area contributed by atoms with Gasteiger partial charge in [0, 0.05) is 12.0 Å². The van der Waals surface area contributed by atoms with Crippen LogP contribution < -0.4 is 0 Å². The van der Waals surface area contributed by atoms with E-state index in [1.54, 1.807) is 19.1 Å². The van der Waals surface area contributed by atoms with Gasteiger partial charge >= 0.3 is 5.97 Å². The number of carbonyl (C=O) groups excluding carboxylic acids is 2. The lowest BCUT2D eigenvalue weighted by Crippen LogP contribution is -2.65. The fourth-order valence-corrected chi connectivity index (χ4v) is 6.48. The summed E-state index contributed by atoms with van der Waals surface area (Å²) in [6.07, 6.45) is 0.422. The molecule has 1 saturated carbocycles. The van der Waals surface area contributed by atoms with Crippen molar-refractivity contribution in [1.82, 2.24) is 0 Å². The van der Waals surface area contributed by atoms with Crippen molar-refractivity contribution in [2.45, 2.75) is 58.8 Å². The first-order valence-electron chi connectivity index (χ1n) is 11.8. The summed E-state index contributed by atoms with van der Waals surface area (Å²) in [6, 6.07) is 2.39. The Bertz CT molecular complexity index is 1140. The van der Waals surface area contributed by atoms with Gasteiger partial charge in [0.2, 0.25) is 0 Å². The van der Waals surface area contributed by atoms with E-state index in [9.17, 15) is 33.7 Å². The third-order valence-electron chi connectivity index (χ3n) is 8.88. The van der Waals surface area contributed by atoms with E-state index in [2.05, 4.69) is 0 Å². The summed E-state index contributed by atoms with van der Waals surface area (Å²) < 4.78 is 33.2. The van der Waals surface area contributed by atoms with E-state index in [-0.39, 0.29) is 17.3 Å². The molecule has 0 heterocycles.